The van der Waals surface area contributed by atoms with Crippen molar-refractivity contribution in [2.24, 2.45) is 0 Å². The van der Waals surface area contributed by atoms with Crippen LogP contribution in [0.15, 0.2) is 42.5 Å². The fourth-order valence-corrected chi connectivity index (χ4v) is 3.60. The zero-order valence-corrected chi connectivity index (χ0v) is 17.1. The Hall–Kier alpha value is -2.37. The molecule has 1 heterocycles. The van der Waals surface area contributed by atoms with E-state index in [4.69, 9.17) is 9.47 Å². The molecular formula is C23H31N2O3+. The monoisotopic (exact) mass is 383 g/mol. The molecule has 1 fully saturated rings. The average molecular weight is 384 g/mol. The Labute approximate surface area is 167 Å². The highest BCUT2D eigenvalue weighted by molar-refractivity contribution is 5.78. The van der Waals surface area contributed by atoms with Crippen LogP contribution in [0.1, 0.15) is 28.3 Å². The fourth-order valence-electron chi connectivity index (χ4n) is 3.60. The van der Waals surface area contributed by atoms with Crippen LogP contribution in [0.4, 0.5) is 0 Å². The molecule has 0 aliphatic carbocycles. The summed E-state index contributed by atoms with van der Waals surface area (Å²) >= 11 is 0. The molecule has 0 spiro atoms. The molecule has 1 aliphatic heterocycles. The van der Waals surface area contributed by atoms with Crippen LogP contribution in [0.5, 0.6) is 5.75 Å². The Balaban J connectivity index is 1.63. The van der Waals surface area contributed by atoms with Crippen molar-refractivity contribution in [2.45, 2.75) is 26.8 Å². The number of ether oxygens (including phenoxy) is 2. The minimum absolute atomic E-state index is 0.0176. The zero-order valence-electron chi connectivity index (χ0n) is 17.1. The molecule has 0 bridgehead atoms. The van der Waals surface area contributed by atoms with E-state index in [9.17, 15) is 4.79 Å². The molecule has 5 heteroatoms. The topological polar surface area (TPSA) is 52.0 Å². The normalized spacial score (nSPS) is 15.8. The van der Waals surface area contributed by atoms with Gasteiger partial charge in [-0.05, 0) is 49.6 Å². The van der Waals surface area contributed by atoms with Gasteiger partial charge in [0, 0.05) is 0 Å². The number of benzene rings is 2. The number of aryl methyl sites for hydroxylation is 3. The van der Waals surface area contributed by atoms with E-state index < -0.39 is 0 Å². The maximum absolute atomic E-state index is 12.6. The molecule has 150 valence electrons. The molecule has 1 amide bonds. The average Bonchev–Trinajstić information content (AvgIpc) is 2.67. The summed E-state index contributed by atoms with van der Waals surface area (Å²) in [6.45, 7) is 10.5. The number of quaternary nitrogens is 1. The first-order valence-corrected chi connectivity index (χ1v) is 9.98. The second-order valence-corrected chi connectivity index (χ2v) is 7.71. The Bertz CT molecular complexity index is 763. The van der Waals surface area contributed by atoms with Gasteiger partial charge >= 0.3 is 0 Å². The van der Waals surface area contributed by atoms with Gasteiger partial charge in [-0.1, -0.05) is 35.9 Å². The maximum Gasteiger partial charge on any atom is 0.258 e. The van der Waals surface area contributed by atoms with E-state index >= 15 is 0 Å². The molecule has 1 saturated heterocycles. The number of carbonyl (C=O) groups is 1. The van der Waals surface area contributed by atoms with Crippen molar-refractivity contribution in [3.8, 4) is 5.75 Å². The van der Waals surface area contributed by atoms with Crippen LogP contribution in [0.3, 0.4) is 0 Å². The number of rotatable bonds is 7. The van der Waals surface area contributed by atoms with Gasteiger partial charge in [0.05, 0.1) is 13.2 Å². The van der Waals surface area contributed by atoms with E-state index in [1.807, 2.05) is 26.0 Å². The van der Waals surface area contributed by atoms with Crippen LogP contribution in [-0.2, 0) is 9.53 Å². The molecule has 3 rings (SSSR count). The van der Waals surface area contributed by atoms with E-state index in [0.717, 1.165) is 55.3 Å². The van der Waals surface area contributed by atoms with Crippen molar-refractivity contribution >= 4 is 5.91 Å². The summed E-state index contributed by atoms with van der Waals surface area (Å²) in [4.78, 5) is 14.1. The first-order valence-electron chi connectivity index (χ1n) is 9.98. The Morgan fingerprint density at radius 1 is 1.04 bits per heavy atom. The third kappa shape index (κ3) is 6.08. The summed E-state index contributed by atoms with van der Waals surface area (Å²) in [6, 6.07) is 14.3. The van der Waals surface area contributed by atoms with Gasteiger partial charge in [-0.2, -0.15) is 0 Å². The summed E-state index contributed by atoms with van der Waals surface area (Å²) in [5, 5.41) is 3.17. The lowest BCUT2D eigenvalue weighted by molar-refractivity contribution is -0.909. The molecule has 2 aromatic rings. The summed E-state index contributed by atoms with van der Waals surface area (Å²) in [5.74, 6) is 0.635. The van der Waals surface area contributed by atoms with Gasteiger partial charge in [0.15, 0.2) is 6.61 Å². The van der Waals surface area contributed by atoms with Crippen molar-refractivity contribution in [2.75, 3.05) is 39.5 Å². The zero-order chi connectivity index (χ0) is 19.9. The number of hydrogen-bond acceptors (Lipinski definition) is 3. The van der Waals surface area contributed by atoms with Crippen LogP contribution in [-0.4, -0.2) is 45.4 Å². The van der Waals surface area contributed by atoms with E-state index in [1.54, 1.807) is 0 Å². The molecule has 2 aromatic carbocycles. The molecule has 1 atom stereocenters. The smallest absolute Gasteiger partial charge is 0.258 e. The lowest BCUT2D eigenvalue weighted by Gasteiger charge is -2.28. The van der Waals surface area contributed by atoms with Crippen molar-refractivity contribution in [3.63, 3.8) is 0 Å². The molecule has 0 unspecified atom stereocenters. The predicted octanol–water partition coefficient (Wildman–Crippen LogP) is 1.76. The molecule has 28 heavy (non-hydrogen) atoms. The highest BCUT2D eigenvalue weighted by atomic mass is 16.5. The van der Waals surface area contributed by atoms with Crippen molar-refractivity contribution in [1.82, 2.24) is 5.32 Å². The molecule has 0 radical (unpaired) electrons. The minimum atomic E-state index is -0.0996. The van der Waals surface area contributed by atoms with Gasteiger partial charge in [-0.3, -0.25) is 4.79 Å². The van der Waals surface area contributed by atoms with Crippen molar-refractivity contribution in [3.05, 3.63) is 64.7 Å². The van der Waals surface area contributed by atoms with Crippen molar-refractivity contribution < 1.29 is 19.2 Å². The van der Waals surface area contributed by atoms with E-state index in [1.165, 1.54) is 10.5 Å². The van der Waals surface area contributed by atoms with Crippen LogP contribution in [0.2, 0.25) is 0 Å². The minimum Gasteiger partial charge on any atom is -0.484 e. The molecule has 0 saturated carbocycles. The molecule has 5 nitrogen and oxygen atoms in total. The number of carbonyl (C=O) groups excluding carboxylic acids is 1. The quantitative estimate of drug-likeness (QED) is 0.766. The third-order valence-electron chi connectivity index (χ3n) is 5.07. The first-order chi connectivity index (χ1) is 13.5. The van der Waals surface area contributed by atoms with Crippen LogP contribution >= 0.6 is 0 Å². The van der Waals surface area contributed by atoms with Crippen LogP contribution < -0.4 is 15.0 Å². The van der Waals surface area contributed by atoms with Gasteiger partial charge in [-0.25, -0.2) is 0 Å². The molecule has 0 aromatic heterocycles. The van der Waals surface area contributed by atoms with E-state index in [2.05, 4.69) is 42.6 Å². The Morgan fingerprint density at radius 2 is 1.68 bits per heavy atom. The SMILES string of the molecule is Cc1ccc([C@H](C[NH+]2CCOCC2)NC(=O)COc2cc(C)cc(C)c2)cc1. The van der Waals surface area contributed by atoms with Crippen molar-refractivity contribution in [1.29, 1.82) is 0 Å². The van der Waals surface area contributed by atoms with Gasteiger partial charge in [-0.15, -0.1) is 0 Å². The summed E-state index contributed by atoms with van der Waals surface area (Å²) in [6.07, 6.45) is 0. The standard InChI is InChI=1S/C23H30N2O3/c1-17-4-6-20(7-5-17)22(15-25-8-10-27-11-9-25)24-23(26)16-28-21-13-18(2)12-19(3)14-21/h4-7,12-14,22H,8-11,15-16H2,1-3H3,(H,24,26)/p+1/t22-/m0/s1. The number of nitrogens with one attached hydrogen (secondary N) is 2. The number of morpholine rings is 1. The fraction of sp³-hybridized carbons (Fsp3) is 0.435. The second kappa shape index (κ2) is 9.71. The second-order valence-electron chi connectivity index (χ2n) is 7.71. The predicted molar refractivity (Wildman–Crippen MR) is 110 cm³/mol. The van der Waals surface area contributed by atoms with Crippen LogP contribution in [0.25, 0.3) is 0 Å². The van der Waals surface area contributed by atoms with Gasteiger partial charge in [0.2, 0.25) is 0 Å². The lowest BCUT2D eigenvalue weighted by atomic mass is 10.0. The maximum atomic E-state index is 12.6. The Kier molecular flexibility index (Phi) is 7.06. The largest absolute Gasteiger partial charge is 0.484 e. The van der Waals surface area contributed by atoms with Crippen LogP contribution in [0, 0.1) is 20.8 Å². The molecular weight excluding hydrogens is 352 g/mol. The van der Waals surface area contributed by atoms with E-state index in [0.29, 0.717) is 0 Å². The molecule has 2 N–H and O–H groups in total. The highest BCUT2D eigenvalue weighted by Crippen LogP contribution is 2.16. The van der Waals surface area contributed by atoms with E-state index in [-0.39, 0.29) is 18.6 Å². The Morgan fingerprint density at radius 3 is 2.32 bits per heavy atom. The lowest BCUT2D eigenvalue weighted by Crippen LogP contribution is -3.14. The highest BCUT2D eigenvalue weighted by Gasteiger charge is 2.23. The first kappa shape index (κ1) is 20.4. The summed E-state index contributed by atoms with van der Waals surface area (Å²) in [5.41, 5.74) is 4.60. The molecule has 1 aliphatic rings. The van der Waals surface area contributed by atoms with Gasteiger partial charge in [0.25, 0.3) is 5.91 Å². The number of hydrogen-bond donors (Lipinski definition) is 2. The summed E-state index contributed by atoms with van der Waals surface area (Å²) < 4.78 is 11.2. The third-order valence-corrected chi connectivity index (χ3v) is 5.07. The van der Waals surface area contributed by atoms with Gasteiger partial charge < -0.3 is 19.7 Å². The summed E-state index contributed by atoms with van der Waals surface area (Å²) in [7, 11) is 0. The number of amides is 1. The van der Waals surface area contributed by atoms with Gasteiger partial charge in [0.1, 0.15) is 31.4 Å².